The number of hydrogen-bond donors (Lipinski definition) is 0. The fourth-order valence-corrected chi connectivity index (χ4v) is 5.16. The highest BCUT2D eigenvalue weighted by molar-refractivity contribution is 7.92. The molecule has 1 fully saturated rings. The number of anilines is 1. The van der Waals surface area contributed by atoms with Crippen LogP contribution in [0.3, 0.4) is 0 Å². The quantitative estimate of drug-likeness (QED) is 0.841. The average Bonchev–Trinajstić information content (AvgIpc) is 2.53. The second kappa shape index (κ2) is 5.14. The summed E-state index contributed by atoms with van der Waals surface area (Å²) in [6.07, 6.45) is 0.348. The van der Waals surface area contributed by atoms with E-state index in [1.807, 2.05) is 6.92 Å². The van der Waals surface area contributed by atoms with Gasteiger partial charge in [-0.2, -0.15) is 0 Å². The number of halogens is 1. The van der Waals surface area contributed by atoms with Crippen LogP contribution in [-0.2, 0) is 14.8 Å². The summed E-state index contributed by atoms with van der Waals surface area (Å²) in [5, 5.41) is 0. The van der Waals surface area contributed by atoms with Gasteiger partial charge in [0.05, 0.1) is 10.6 Å². The molecule has 0 radical (unpaired) electrons. The molecule has 6 heteroatoms. The van der Waals surface area contributed by atoms with Crippen molar-refractivity contribution in [1.82, 2.24) is 0 Å². The molecule has 2 aromatic rings. The molecular formula is C18H16FNO3S. The smallest absolute Gasteiger partial charge is 0.264 e. The number of ketones is 1. The van der Waals surface area contributed by atoms with Crippen molar-refractivity contribution in [3.05, 3.63) is 59.4 Å². The lowest BCUT2D eigenvalue weighted by atomic mass is 9.66. The van der Waals surface area contributed by atoms with Crippen LogP contribution >= 0.6 is 0 Å². The minimum Gasteiger partial charge on any atom is -0.299 e. The molecule has 1 saturated carbocycles. The first-order valence-electron chi connectivity index (χ1n) is 7.80. The lowest BCUT2D eigenvalue weighted by molar-refractivity contribution is -0.129. The van der Waals surface area contributed by atoms with Crippen LogP contribution in [-0.4, -0.2) is 20.7 Å². The summed E-state index contributed by atoms with van der Waals surface area (Å²) in [5.74, 6) is -1.01. The fraction of sp³-hybridized carbons (Fsp3) is 0.278. The molecule has 0 bridgehead atoms. The van der Waals surface area contributed by atoms with E-state index in [9.17, 15) is 17.6 Å². The summed E-state index contributed by atoms with van der Waals surface area (Å²) in [5.41, 5.74) is 1.45. The van der Waals surface area contributed by atoms with Crippen molar-refractivity contribution in [2.24, 2.45) is 5.92 Å². The Morgan fingerprint density at radius 2 is 1.83 bits per heavy atom. The van der Waals surface area contributed by atoms with Gasteiger partial charge in [-0.05, 0) is 36.6 Å². The zero-order valence-electron chi connectivity index (χ0n) is 13.1. The van der Waals surface area contributed by atoms with Crippen LogP contribution in [0.1, 0.15) is 23.5 Å². The van der Waals surface area contributed by atoms with Gasteiger partial charge in [-0.3, -0.25) is 9.10 Å². The van der Waals surface area contributed by atoms with Crippen LogP contribution in [0, 0.1) is 18.7 Å². The minimum absolute atomic E-state index is 0.0207. The Morgan fingerprint density at radius 3 is 2.50 bits per heavy atom. The van der Waals surface area contributed by atoms with E-state index in [0.717, 1.165) is 9.87 Å². The summed E-state index contributed by atoms with van der Waals surface area (Å²) >= 11 is 0. The monoisotopic (exact) mass is 345 g/mol. The lowest BCUT2D eigenvalue weighted by Gasteiger charge is -2.45. The van der Waals surface area contributed by atoms with E-state index in [2.05, 4.69) is 0 Å². The molecule has 1 heterocycles. The number of para-hydroxylation sites is 1. The Hall–Kier alpha value is -2.21. The predicted octanol–water partition coefficient (Wildman–Crippen LogP) is 3.02. The van der Waals surface area contributed by atoms with E-state index >= 15 is 0 Å². The van der Waals surface area contributed by atoms with Gasteiger partial charge in [0.25, 0.3) is 10.0 Å². The largest absolute Gasteiger partial charge is 0.299 e. The van der Waals surface area contributed by atoms with Crippen LogP contribution in [0.2, 0.25) is 0 Å². The maximum absolute atomic E-state index is 14.5. The number of carbonyl (C=O) groups is 1. The number of hydrogen-bond acceptors (Lipinski definition) is 3. The highest BCUT2D eigenvalue weighted by Gasteiger charge is 2.49. The lowest BCUT2D eigenvalue weighted by Crippen LogP contribution is -2.50. The van der Waals surface area contributed by atoms with Crippen LogP contribution in [0.5, 0.6) is 0 Å². The Labute approximate surface area is 140 Å². The Balaban J connectivity index is 1.87. The van der Waals surface area contributed by atoms with Crippen LogP contribution in [0.25, 0.3) is 0 Å². The van der Waals surface area contributed by atoms with E-state index in [1.165, 1.54) is 24.3 Å². The molecule has 0 N–H and O–H groups in total. The molecule has 2 atom stereocenters. The molecule has 0 aromatic heterocycles. The minimum atomic E-state index is -3.87. The molecule has 4 nitrogen and oxygen atoms in total. The first-order valence-corrected chi connectivity index (χ1v) is 9.24. The molecule has 0 amide bonds. The third-order valence-electron chi connectivity index (χ3n) is 4.89. The Kier molecular flexibility index (Phi) is 3.28. The van der Waals surface area contributed by atoms with Crippen molar-refractivity contribution in [3.8, 4) is 0 Å². The summed E-state index contributed by atoms with van der Waals surface area (Å²) in [6.45, 7) is 2.01. The van der Waals surface area contributed by atoms with Crippen molar-refractivity contribution in [3.63, 3.8) is 0 Å². The first-order chi connectivity index (χ1) is 11.4. The standard InChI is InChI=1S/C18H16FNO3S/c1-11-5-7-13(8-6-11)24(22,23)20-10-12-9-16(21)17(12)14-3-2-4-15(19)18(14)20/h2-8,12,17H,9-10H2,1H3/t12-,17-/m1/s1. The molecule has 0 unspecified atom stereocenters. The van der Waals surface area contributed by atoms with Gasteiger partial charge in [0.2, 0.25) is 0 Å². The topological polar surface area (TPSA) is 54.5 Å². The summed E-state index contributed by atoms with van der Waals surface area (Å²) in [7, 11) is -3.87. The van der Waals surface area contributed by atoms with Crippen molar-refractivity contribution >= 4 is 21.5 Å². The van der Waals surface area contributed by atoms with Gasteiger partial charge in [0, 0.05) is 18.9 Å². The molecule has 124 valence electrons. The van der Waals surface area contributed by atoms with Gasteiger partial charge >= 0.3 is 0 Å². The number of benzene rings is 2. The predicted molar refractivity (Wildman–Crippen MR) is 88.0 cm³/mol. The van der Waals surface area contributed by atoms with E-state index in [1.54, 1.807) is 18.2 Å². The molecule has 1 aliphatic heterocycles. The molecular weight excluding hydrogens is 329 g/mol. The molecule has 4 rings (SSSR count). The Bertz CT molecular complexity index is 937. The Morgan fingerprint density at radius 1 is 1.12 bits per heavy atom. The number of aryl methyl sites for hydroxylation is 1. The van der Waals surface area contributed by atoms with Crippen molar-refractivity contribution < 1.29 is 17.6 Å². The molecule has 24 heavy (non-hydrogen) atoms. The summed E-state index contributed by atoms with van der Waals surface area (Å²) in [6, 6.07) is 10.9. The summed E-state index contributed by atoms with van der Waals surface area (Å²) in [4.78, 5) is 12.0. The van der Waals surface area contributed by atoms with Gasteiger partial charge in [0.15, 0.2) is 0 Å². The van der Waals surface area contributed by atoms with Crippen molar-refractivity contribution in [1.29, 1.82) is 0 Å². The third kappa shape index (κ3) is 2.09. The van der Waals surface area contributed by atoms with E-state index in [0.29, 0.717) is 12.0 Å². The molecule has 0 spiro atoms. The average molecular weight is 345 g/mol. The molecule has 2 aliphatic rings. The number of nitrogens with zero attached hydrogens (tertiary/aromatic N) is 1. The number of rotatable bonds is 2. The zero-order valence-corrected chi connectivity index (χ0v) is 13.9. The normalized spacial score (nSPS) is 22.6. The maximum atomic E-state index is 14.5. The molecule has 1 aliphatic carbocycles. The van der Waals surface area contributed by atoms with Gasteiger partial charge < -0.3 is 0 Å². The third-order valence-corrected chi connectivity index (χ3v) is 6.67. The van der Waals surface area contributed by atoms with E-state index < -0.39 is 15.8 Å². The van der Waals surface area contributed by atoms with Crippen LogP contribution in [0.4, 0.5) is 10.1 Å². The number of fused-ring (bicyclic) bond motifs is 3. The fourth-order valence-electron chi connectivity index (χ4n) is 3.61. The van der Waals surface area contributed by atoms with Crippen LogP contribution in [0.15, 0.2) is 47.4 Å². The number of carbonyl (C=O) groups excluding carboxylic acids is 1. The van der Waals surface area contributed by atoms with Gasteiger partial charge in [0.1, 0.15) is 11.6 Å². The van der Waals surface area contributed by atoms with Crippen LogP contribution < -0.4 is 4.31 Å². The molecule has 2 aromatic carbocycles. The van der Waals surface area contributed by atoms with Gasteiger partial charge in [-0.1, -0.05) is 29.8 Å². The van der Waals surface area contributed by atoms with Gasteiger partial charge in [-0.25, -0.2) is 12.8 Å². The van der Waals surface area contributed by atoms with Crippen molar-refractivity contribution in [2.45, 2.75) is 24.2 Å². The van der Waals surface area contributed by atoms with Crippen molar-refractivity contribution in [2.75, 3.05) is 10.8 Å². The highest BCUT2D eigenvalue weighted by atomic mass is 32.2. The SMILES string of the molecule is Cc1ccc(S(=O)(=O)N2C[C@H]3CC(=O)[C@H]3c3cccc(F)c32)cc1. The molecule has 0 saturated heterocycles. The highest BCUT2D eigenvalue weighted by Crippen LogP contribution is 2.49. The first kappa shape index (κ1) is 15.3. The van der Waals surface area contributed by atoms with E-state index in [4.69, 9.17) is 0 Å². The number of Topliss-reactive ketones (excluding diaryl/α,β-unsaturated/α-hetero) is 1. The number of sulfonamides is 1. The zero-order chi connectivity index (χ0) is 17.1. The second-order valence-corrected chi connectivity index (χ2v) is 8.30. The second-order valence-electron chi connectivity index (χ2n) is 6.44. The maximum Gasteiger partial charge on any atom is 0.264 e. The van der Waals surface area contributed by atoms with Gasteiger partial charge in [-0.15, -0.1) is 0 Å². The van der Waals surface area contributed by atoms with E-state index in [-0.39, 0.29) is 34.7 Å². The summed E-state index contributed by atoms with van der Waals surface area (Å²) < 4.78 is 41.7.